The lowest BCUT2D eigenvalue weighted by molar-refractivity contribution is -0.134. The van der Waals surface area contributed by atoms with E-state index in [-0.39, 0.29) is 20.9 Å². The molecule has 4 nitrogen and oxygen atoms in total. The minimum Gasteiger partial charge on any atom is -0.274 e. The molecular formula is C14H15Cl2NO3S. The number of carbonyl (C=O) groups excluding carboxylic acids is 1. The number of rotatable bonds is 3. The van der Waals surface area contributed by atoms with Crippen LogP contribution in [0.3, 0.4) is 0 Å². The van der Waals surface area contributed by atoms with Crippen LogP contribution in [-0.4, -0.2) is 14.3 Å². The Morgan fingerprint density at radius 3 is 2.24 bits per heavy atom. The Hall–Kier alpha value is -0.780. The van der Waals surface area contributed by atoms with E-state index >= 15 is 0 Å². The molecule has 0 unspecified atom stereocenters. The molecule has 114 valence electrons. The van der Waals surface area contributed by atoms with E-state index in [2.05, 4.69) is 4.72 Å². The van der Waals surface area contributed by atoms with Crippen molar-refractivity contribution < 1.29 is 13.2 Å². The van der Waals surface area contributed by atoms with Crippen molar-refractivity contribution in [3.8, 4) is 0 Å². The van der Waals surface area contributed by atoms with E-state index in [0.717, 1.165) is 25.7 Å². The molecule has 2 aliphatic carbocycles. The Balaban J connectivity index is 1.73. The standard InChI is InChI=1S/C14H15Cl2NO3S/c15-10-3-1-4-11(16)12(10)21(19,20)17-13(18)9-7-14(8-9)5-2-6-14/h1,3-4,9H,2,5-8H2,(H,17,18). The molecule has 0 radical (unpaired) electrons. The maximum atomic E-state index is 12.3. The van der Waals surface area contributed by atoms with Gasteiger partial charge in [-0.15, -0.1) is 0 Å². The van der Waals surface area contributed by atoms with Crippen LogP contribution < -0.4 is 4.72 Å². The predicted molar refractivity (Wildman–Crippen MR) is 80.8 cm³/mol. The second-order valence-corrected chi connectivity index (χ2v) is 8.41. The smallest absolute Gasteiger partial charge is 0.267 e. The Morgan fingerprint density at radius 2 is 1.76 bits per heavy atom. The van der Waals surface area contributed by atoms with E-state index in [4.69, 9.17) is 23.2 Å². The summed E-state index contributed by atoms with van der Waals surface area (Å²) in [6.07, 6.45) is 5.08. The van der Waals surface area contributed by atoms with Crippen LogP contribution in [0.15, 0.2) is 23.1 Å². The molecule has 2 aliphatic rings. The summed E-state index contributed by atoms with van der Waals surface area (Å²) in [5.41, 5.74) is 0.313. The third kappa shape index (κ3) is 2.67. The topological polar surface area (TPSA) is 63.2 Å². The summed E-state index contributed by atoms with van der Waals surface area (Å²) in [5.74, 6) is -0.676. The SMILES string of the molecule is O=C(NS(=O)(=O)c1c(Cl)cccc1Cl)C1CC2(CCC2)C1. The van der Waals surface area contributed by atoms with Crippen LogP contribution in [0.1, 0.15) is 32.1 Å². The maximum Gasteiger partial charge on any atom is 0.267 e. The van der Waals surface area contributed by atoms with E-state index in [1.807, 2.05) is 0 Å². The first-order valence-corrected chi connectivity index (χ1v) is 9.08. The van der Waals surface area contributed by atoms with Crippen LogP contribution in [0, 0.1) is 11.3 Å². The van der Waals surface area contributed by atoms with Gasteiger partial charge in [0.25, 0.3) is 10.0 Å². The van der Waals surface area contributed by atoms with E-state index in [1.165, 1.54) is 18.6 Å². The van der Waals surface area contributed by atoms with Crippen molar-refractivity contribution in [1.82, 2.24) is 4.72 Å². The van der Waals surface area contributed by atoms with Gasteiger partial charge in [-0.25, -0.2) is 13.1 Å². The molecule has 1 N–H and O–H groups in total. The minimum absolute atomic E-state index is 0.00636. The molecule has 1 aromatic rings. The van der Waals surface area contributed by atoms with Crippen molar-refractivity contribution in [2.24, 2.45) is 11.3 Å². The van der Waals surface area contributed by atoms with Gasteiger partial charge in [0, 0.05) is 5.92 Å². The lowest BCUT2D eigenvalue weighted by Gasteiger charge is -2.53. The minimum atomic E-state index is -4.03. The van der Waals surface area contributed by atoms with Gasteiger partial charge in [0.15, 0.2) is 0 Å². The highest BCUT2D eigenvalue weighted by Gasteiger charge is 2.51. The molecule has 1 aromatic carbocycles. The van der Waals surface area contributed by atoms with Crippen molar-refractivity contribution in [3.63, 3.8) is 0 Å². The van der Waals surface area contributed by atoms with Gasteiger partial charge >= 0.3 is 0 Å². The molecule has 1 amide bonds. The number of hydrogen-bond donors (Lipinski definition) is 1. The molecule has 1 spiro atoms. The van der Waals surface area contributed by atoms with Crippen molar-refractivity contribution in [2.75, 3.05) is 0 Å². The lowest BCUT2D eigenvalue weighted by Crippen LogP contribution is -2.49. The molecule has 0 aliphatic heterocycles. The predicted octanol–water partition coefficient (Wildman–Crippen LogP) is 3.38. The molecule has 3 rings (SSSR count). The summed E-state index contributed by atoms with van der Waals surface area (Å²) >= 11 is 11.8. The largest absolute Gasteiger partial charge is 0.274 e. The highest BCUT2D eigenvalue weighted by Crippen LogP contribution is 2.58. The summed E-state index contributed by atoms with van der Waals surface area (Å²) in [7, 11) is -4.03. The number of hydrogen-bond acceptors (Lipinski definition) is 3. The summed E-state index contributed by atoms with van der Waals surface area (Å²) in [4.78, 5) is 11.9. The molecule has 2 saturated carbocycles. The first-order chi connectivity index (χ1) is 9.83. The van der Waals surface area contributed by atoms with Crippen LogP contribution in [0.5, 0.6) is 0 Å². The van der Waals surface area contributed by atoms with Gasteiger partial charge in [-0.05, 0) is 43.2 Å². The zero-order valence-electron chi connectivity index (χ0n) is 11.2. The highest BCUT2D eigenvalue weighted by atomic mass is 35.5. The monoisotopic (exact) mass is 347 g/mol. The summed E-state index contributed by atoms with van der Waals surface area (Å²) in [6.45, 7) is 0. The lowest BCUT2D eigenvalue weighted by atomic mass is 9.52. The van der Waals surface area contributed by atoms with E-state index in [1.54, 1.807) is 6.07 Å². The van der Waals surface area contributed by atoms with Crippen molar-refractivity contribution in [1.29, 1.82) is 0 Å². The Kier molecular flexibility index (Phi) is 3.71. The zero-order valence-corrected chi connectivity index (χ0v) is 13.6. The van der Waals surface area contributed by atoms with Crippen LogP contribution in [0.25, 0.3) is 0 Å². The second kappa shape index (κ2) is 5.14. The Labute approximate surface area is 133 Å². The summed E-state index contributed by atoms with van der Waals surface area (Å²) in [5, 5.41) is 0.0127. The molecular weight excluding hydrogens is 333 g/mol. The van der Waals surface area contributed by atoms with Crippen molar-refractivity contribution >= 4 is 39.1 Å². The number of halogens is 2. The zero-order chi connectivity index (χ0) is 15.3. The molecule has 0 atom stereocenters. The van der Waals surface area contributed by atoms with Gasteiger partial charge in [-0.3, -0.25) is 4.79 Å². The Bertz CT molecular complexity index is 670. The van der Waals surface area contributed by atoms with E-state index in [0.29, 0.717) is 5.41 Å². The molecule has 2 fully saturated rings. The molecule has 0 bridgehead atoms. The summed E-state index contributed by atoms with van der Waals surface area (Å²) < 4.78 is 26.7. The number of amides is 1. The molecule has 0 aromatic heterocycles. The third-order valence-electron chi connectivity index (χ3n) is 4.57. The highest BCUT2D eigenvalue weighted by molar-refractivity contribution is 7.90. The summed E-state index contributed by atoms with van der Waals surface area (Å²) in [6, 6.07) is 4.41. The molecule has 0 saturated heterocycles. The van der Waals surface area contributed by atoms with Gasteiger partial charge < -0.3 is 0 Å². The average Bonchev–Trinajstić information content (AvgIpc) is 2.23. The van der Waals surface area contributed by atoms with Gasteiger partial charge in [-0.2, -0.15) is 0 Å². The molecule has 7 heteroatoms. The normalized spacial score (nSPS) is 20.7. The fraction of sp³-hybridized carbons (Fsp3) is 0.500. The van der Waals surface area contributed by atoms with Gasteiger partial charge in [0.2, 0.25) is 5.91 Å². The van der Waals surface area contributed by atoms with Crippen molar-refractivity contribution in [2.45, 2.75) is 37.0 Å². The fourth-order valence-corrected chi connectivity index (χ4v) is 5.45. The van der Waals surface area contributed by atoms with E-state index < -0.39 is 15.9 Å². The first-order valence-electron chi connectivity index (χ1n) is 6.84. The fourth-order valence-electron chi connectivity index (χ4n) is 3.26. The Morgan fingerprint density at radius 1 is 1.19 bits per heavy atom. The number of benzene rings is 1. The van der Waals surface area contributed by atoms with Crippen LogP contribution in [0.4, 0.5) is 0 Å². The molecule has 21 heavy (non-hydrogen) atoms. The second-order valence-electron chi connectivity index (χ2n) is 5.98. The van der Waals surface area contributed by atoms with Crippen molar-refractivity contribution in [3.05, 3.63) is 28.2 Å². The number of nitrogens with one attached hydrogen (secondary N) is 1. The number of sulfonamides is 1. The molecule has 0 heterocycles. The van der Waals surface area contributed by atoms with Crippen LogP contribution >= 0.6 is 23.2 Å². The quantitative estimate of drug-likeness (QED) is 0.911. The third-order valence-corrected chi connectivity index (χ3v) is 6.87. The van der Waals surface area contributed by atoms with Crippen LogP contribution in [0.2, 0.25) is 10.0 Å². The average molecular weight is 348 g/mol. The van der Waals surface area contributed by atoms with Crippen LogP contribution in [-0.2, 0) is 14.8 Å². The van der Waals surface area contributed by atoms with Gasteiger partial charge in [0.05, 0.1) is 10.0 Å². The van der Waals surface area contributed by atoms with Gasteiger partial charge in [-0.1, -0.05) is 35.7 Å². The van der Waals surface area contributed by atoms with Gasteiger partial charge in [0.1, 0.15) is 4.90 Å². The maximum absolute atomic E-state index is 12.3. The van der Waals surface area contributed by atoms with E-state index in [9.17, 15) is 13.2 Å². The number of carbonyl (C=O) groups is 1. The first kappa shape index (κ1) is 15.1.